The summed E-state index contributed by atoms with van der Waals surface area (Å²) in [6, 6.07) is 1.52. The Morgan fingerprint density at radius 2 is 2.28 bits per heavy atom. The molecule has 1 N–H and O–H groups in total. The molecule has 1 aromatic heterocycles. The van der Waals surface area contributed by atoms with Crippen molar-refractivity contribution in [3.05, 3.63) is 11.4 Å². The number of halogens is 2. The zero-order valence-electron chi connectivity index (χ0n) is 9.65. The molecule has 1 aromatic rings. The van der Waals surface area contributed by atoms with Crippen LogP contribution >= 0.6 is 34.5 Å². The summed E-state index contributed by atoms with van der Waals surface area (Å²) >= 11 is 13.0. The third-order valence-electron chi connectivity index (χ3n) is 2.81. The Morgan fingerprint density at radius 3 is 2.83 bits per heavy atom. The molecule has 1 atom stereocenters. The van der Waals surface area contributed by atoms with Crippen LogP contribution in [0.1, 0.15) is 12.8 Å². The second-order valence-corrected chi connectivity index (χ2v) is 8.28. The Morgan fingerprint density at radius 1 is 1.61 bits per heavy atom. The molecule has 4 nitrogen and oxygen atoms in total. The van der Waals surface area contributed by atoms with E-state index in [1.807, 2.05) is 0 Å². The number of sulfonamides is 1. The molecule has 102 valence electrons. The number of rotatable bonds is 6. The topological polar surface area (TPSA) is 55.4 Å². The van der Waals surface area contributed by atoms with E-state index in [4.69, 9.17) is 27.9 Å². The Balaban J connectivity index is 1.92. The summed E-state index contributed by atoms with van der Waals surface area (Å²) in [7, 11) is -2.07. The molecular weight excluding hydrogens is 317 g/mol. The van der Waals surface area contributed by atoms with E-state index in [-0.39, 0.29) is 10.8 Å². The minimum atomic E-state index is -3.52. The highest BCUT2D eigenvalue weighted by Crippen LogP contribution is 2.54. The van der Waals surface area contributed by atoms with Gasteiger partial charge in [-0.05, 0) is 30.2 Å². The second-order valence-electron chi connectivity index (χ2n) is 4.12. The van der Waals surface area contributed by atoms with Gasteiger partial charge in [0.1, 0.15) is 9.23 Å². The van der Waals surface area contributed by atoms with Gasteiger partial charge in [0, 0.05) is 6.54 Å². The van der Waals surface area contributed by atoms with Crippen LogP contribution in [0.2, 0.25) is 0 Å². The lowest BCUT2D eigenvalue weighted by Gasteiger charge is -2.07. The lowest BCUT2D eigenvalue weighted by Crippen LogP contribution is -2.25. The molecule has 1 heterocycles. The molecule has 18 heavy (non-hydrogen) atoms. The van der Waals surface area contributed by atoms with Gasteiger partial charge >= 0.3 is 0 Å². The maximum Gasteiger partial charge on any atom is 0.245 e. The fraction of sp³-hybridized carbons (Fsp3) is 0.600. The molecular formula is C10H13Cl2NO3S2. The predicted octanol–water partition coefficient (Wildman–Crippen LogP) is 2.62. The predicted molar refractivity (Wildman–Crippen MR) is 73.2 cm³/mol. The molecule has 1 aliphatic rings. The monoisotopic (exact) mass is 329 g/mol. The minimum Gasteiger partial charge on any atom is -0.486 e. The van der Waals surface area contributed by atoms with E-state index in [9.17, 15) is 8.42 Å². The van der Waals surface area contributed by atoms with E-state index in [2.05, 4.69) is 4.72 Å². The molecule has 0 bridgehead atoms. The van der Waals surface area contributed by atoms with Gasteiger partial charge in [0.25, 0.3) is 0 Å². The van der Waals surface area contributed by atoms with Gasteiger partial charge in [-0.2, -0.15) is 0 Å². The minimum absolute atomic E-state index is 0.174. The molecule has 1 fully saturated rings. The van der Waals surface area contributed by atoms with Crippen molar-refractivity contribution in [2.75, 3.05) is 13.7 Å². The van der Waals surface area contributed by atoms with Crippen LogP contribution in [-0.4, -0.2) is 26.4 Å². The van der Waals surface area contributed by atoms with Crippen LogP contribution in [0.5, 0.6) is 5.06 Å². The van der Waals surface area contributed by atoms with Crippen molar-refractivity contribution < 1.29 is 13.2 Å². The normalized spacial score (nSPS) is 21.8. The van der Waals surface area contributed by atoms with Crippen molar-refractivity contribution in [3.63, 3.8) is 0 Å². The quantitative estimate of drug-likeness (QED) is 0.816. The van der Waals surface area contributed by atoms with Gasteiger partial charge in [0.05, 0.1) is 7.11 Å². The molecule has 0 amide bonds. The van der Waals surface area contributed by atoms with Crippen molar-refractivity contribution >= 4 is 44.6 Å². The van der Waals surface area contributed by atoms with Gasteiger partial charge in [-0.3, -0.25) is 0 Å². The van der Waals surface area contributed by atoms with Crippen molar-refractivity contribution in [2.24, 2.45) is 5.92 Å². The fourth-order valence-electron chi connectivity index (χ4n) is 1.66. The van der Waals surface area contributed by atoms with E-state index in [1.54, 1.807) is 5.38 Å². The van der Waals surface area contributed by atoms with Crippen molar-refractivity contribution in [3.8, 4) is 5.06 Å². The molecule has 0 saturated heterocycles. The molecule has 1 aliphatic carbocycles. The average Bonchev–Trinajstić information content (AvgIpc) is 2.75. The molecule has 0 radical (unpaired) electrons. The van der Waals surface area contributed by atoms with Crippen LogP contribution in [0.25, 0.3) is 0 Å². The lowest BCUT2D eigenvalue weighted by atomic mass is 10.3. The van der Waals surface area contributed by atoms with Gasteiger partial charge in [-0.15, -0.1) is 34.5 Å². The van der Waals surface area contributed by atoms with Crippen LogP contribution < -0.4 is 9.46 Å². The van der Waals surface area contributed by atoms with Gasteiger partial charge < -0.3 is 4.74 Å². The Bertz CT molecular complexity index is 527. The number of nitrogens with one attached hydrogen (secondary N) is 1. The molecule has 2 rings (SSSR count). The third-order valence-corrected chi connectivity index (χ3v) is 6.22. The standard InChI is InChI=1S/C10H13Cl2NO3S2/c1-16-9-8(3-5-17-9)18(14,15)13-4-2-7-6-10(7,11)12/h3,5,7,13H,2,4,6H2,1H3. The van der Waals surface area contributed by atoms with E-state index in [0.717, 1.165) is 6.42 Å². The SMILES string of the molecule is COc1sccc1S(=O)(=O)NCCC1CC1(Cl)Cl. The van der Waals surface area contributed by atoms with Gasteiger partial charge in [0.2, 0.25) is 10.0 Å². The van der Waals surface area contributed by atoms with E-state index >= 15 is 0 Å². The highest BCUT2D eigenvalue weighted by Gasteiger charge is 2.50. The summed E-state index contributed by atoms with van der Waals surface area (Å²) in [6.07, 6.45) is 1.36. The zero-order valence-corrected chi connectivity index (χ0v) is 12.8. The second kappa shape index (κ2) is 5.17. The van der Waals surface area contributed by atoms with Crippen molar-refractivity contribution in [1.29, 1.82) is 0 Å². The van der Waals surface area contributed by atoms with Crippen molar-refractivity contribution in [1.82, 2.24) is 4.72 Å². The average molecular weight is 330 g/mol. The highest BCUT2D eigenvalue weighted by molar-refractivity contribution is 7.89. The van der Waals surface area contributed by atoms with Crippen LogP contribution in [0.3, 0.4) is 0 Å². The summed E-state index contributed by atoms with van der Waals surface area (Å²) in [5.74, 6) is 0.174. The molecule has 1 saturated carbocycles. The Kier molecular flexibility index (Phi) is 4.14. The first kappa shape index (κ1) is 14.4. The lowest BCUT2D eigenvalue weighted by molar-refractivity contribution is 0.415. The van der Waals surface area contributed by atoms with Crippen LogP contribution in [0.4, 0.5) is 0 Å². The van der Waals surface area contributed by atoms with E-state index in [0.29, 0.717) is 18.0 Å². The number of ether oxygens (including phenoxy) is 1. The van der Waals surface area contributed by atoms with Gasteiger partial charge in [-0.1, -0.05) is 0 Å². The van der Waals surface area contributed by atoms with Crippen molar-refractivity contribution in [2.45, 2.75) is 22.1 Å². The summed E-state index contributed by atoms with van der Waals surface area (Å²) in [6.45, 7) is 0.327. The summed E-state index contributed by atoms with van der Waals surface area (Å²) in [5, 5.41) is 2.06. The smallest absolute Gasteiger partial charge is 0.245 e. The van der Waals surface area contributed by atoms with E-state index < -0.39 is 14.4 Å². The molecule has 0 spiro atoms. The largest absolute Gasteiger partial charge is 0.486 e. The maximum absolute atomic E-state index is 12.0. The first-order valence-electron chi connectivity index (χ1n) is 5.36. The molecule has 8 heteroatoms. The van der Waals surface area contributed by atoms with Gasteiger partial charge in [0.15, 0.2) is 5.06 Å². The zero-order chi connectivity index (χ0) is 13.4. The maximum atomic E-state index is 12.0. The molecule has 1 unspecified atom stereocenters. The number of hydrogen-bond donors (Lipinski definition) is 1. The van der Waals surface area contributed by atoms with Crippen LogP contribution in [0, 0.1) is 5.92 Å². The van der Waals surface area contributed by atoms with Gasteiger partial charge in [-0.25, -0.2) is 13.1 Å². The van der Waals surface area contributed by atoms with E-state index in [1.165, 1.54) is 24.5 Å². The van der Waals surface area contributed by atoms with Crippen LogP contribution in [0.15, 0.2) is 16.3 Å². The Hall–Kier alpha value is -0.0100. The highest BCUT2D eigenvalue weighted by atomic mass is 35.5. The fourth-order valence-corrected chi connectivity index (χ4v) is 4.51. The first-order chi connectivity index (χ1) is 8.37. The third kappa shape index (κ3) is 3.11. The number of thiophene rings is 1. The summed E-state index contributed by atoms with van der Waals surface area (Å²) < 4.78 is 30.8. The van der Waals surface area contributed by atoms with Crippen LogP contribution in [-0.2, 0) is 10.0 Å². The Labute approximate surface area is 120 Å². The number of hydrogen-bond acceptors (Lipinski definition) is 4. The first-order valence-corrected chi connectivity index (χ1v) is 8.47. The summed E-state index contributed by atoms with van der Waals surface area (Å²) in [4.78, 5) is 0.175. The summed E-state index contributed by atoms with van der Waals surface area (Å²) in [5.41, 5.74) is 0. The molecule has 0 aromatic carbocycles. The number of alkyl halides is 2. The molecule has 0 aliphatic heterocycles. The number of methoxy groups -OCH3 is 1.